The molecule has 2 heterocycles. The highest BCUT2D eigenvalue weighted by Gasteiger charge is 2.31. The predicted molar refractivity (Wildman–Crippen MR) is 123 cm³/mol. The van der Waals surface area contributed by atoms with Crippen LogP contribution >= 0.6 is 0 Å². The summed E-state index contributed by atoms with van der Waals surface area (Å²) < 4.78 is 17.2. The third-order valence-corrected chi connectivity index (χ3v) is 6.06. The van der Waals surface area contributed by atoms with Crippen LogP contribution in [0.4, 0.5) is 0 Å². The summed E-state index contributed by atoms with van der Waals surface area (Å²) in [6, 6.07) is 5.29. The van der Waals surface area contributed by atoms with Crippen LogP contribution in [0, 0.1) is 0 Å². The third kappa shape index (κ3) is 7.40. The lowest BCUT2D eigenvalue weighted by Gasteiger charge is -2.32. The summed E-state index contributed by atoms with van der Waals surface area (Å²) in [5.41, 5.74) is 0.803. The Morgan fingerprint density at radius 2 is 1.78 bits per heavy atom. The molecule has 0 aromatic heterocycles. The third-order valence-electron chi connectivity index (χ3n) is 6.06. The first-order valence-corrected chi connectivity index (χ1v) is 12.1. The minimum absolute atomic E-state index is 0.0143. The number of hydrogen-bond donors (Lipinski definition) is 1. The van der Waals surface area contributed by atoms with Crippen molar-refractivity contribution >= 4 is 11.9 Å². The summed E-state index contributed by atoms with van der Waals surface area (Å²) in [4.78, 5) is 27.1. The zero-order chi connectivity index (χ0) is 22.8. The summed E-state index contributed by atoms with van der Waals surface area (Å²) in [7, 11) is 0. The van der Waals surface area contributed by atoms with Crippen molar-refractivity contribution in [1.82, 2.24) is 10.2 Å². The molecule has 32 heavy (non-hydrogen) atoms. The number of rotatable bonds is 12. The highest BCUT2D eigenvalue weighted by Crippen LogP contribution is 2.35. The molecule has 1 fully saturated rings. The van der Waals surface area contributed by atoms with Crippen LogP contribution in [0.1, 0.15) is 76.9 Å². The second-order valence-electron chi connectivity index (χ2n) is 8.78. The molecular weight excluding hydrogens is 408 g/mol. The molecule has 0 aliphatic carbocycles. The van der Waals surface area contributed by atoms with Crippen LogP contribution in [0.3, 0.4) is 0 Å². The molecule has 7 nitrogen and oxygen atoms in total. The van der Waals surface area contributed by atoms with Crippen LogP contribution in [-0.2, 0) is 14.3 Å². The number of likely N-dealkylation sites (tertiary alicyclic amines) is 1. The number of unbranched alkanes of at least 4 members (excludes halogenated alkanes) is 4. The number of esters is 1. The quantitative estimate of drug-likeness (QED) is 0.386. The van der Waals surface area contributed by atoms with Crippen LogP contribution in [-0.4, -0.2) is 55.7 Å². The fraction of sp³-hybridized carbons (Fsp3) is 0.680. The molecule has 1 saturated heterocycles. The number of carbonyl (C=O) groups is 2. The average Bonchev–Trinajstić information content (AvgIpc) is 3.29. The molecule has 2 aliphatic rings. The van der Waals surface area contributed by atoms with Gasteiger partial charge < -0.3 is 24.4 Å². The minimum Gasteiger partial charge on any atom is -0.486 e. The van der Waals surface area contributed by atoms with Crippen molar-refractivity contribution in [2.75, 3.05) is 32.8 Å². The maximum atomic E-state index is 12.8. The van der Waals surface area contributed by atoms with E-state index in [0.717, 1.165) is 50.8 Å². The predicted octanol–water partition coefficient (Wildman–Crippen LogP) is 4.00. The van der Waals surface area contributed by atoms with E-state index in [9.17, 15) is 9.59 Å². The summed E-state index contributed by atoms with van der Waals surface area (Å²) in [5, 5.41) is 3.19. The van der Waals surface area contributed by atoms with Gasteiger partial charge >= 0.3 is 5.97 Å². The van der Waals surface area contributed by atoms with E-state index in [1.807, 2.05) is 18.2 Å². The minimum atomic E-state index is -0.590. The molecule has 1 aromatic rings. The van der Waals surface area contributed by atoms with Gasteiger partial charge in [-0.3, -0.25) is 9.59 Å². The van der Waals surface area contributed by atoms with Gasteiger partial charge in [-0.2, -0.15) is 0 Å². The van der Waals surface area contributed by atoms with Crippen molar-refractivity contribution < 1.29 is 23.8 Å². The normalized spacial score (nSPS) is 17.6. The van der Waals surface area contributed by atoms with Crippen LogP contribution < -0.4 is 14.8 Å². The second kappa shape index (κ2) is 12.7. The fourth-order valence-electron chi connectivity index (χ4n) is 4.43. The highest BCUT2D eigenvalue weighted by atomic mass is 16.6. The summed E-state index contributed by atoms with van der Waals surface area (Å²) >= 11 is 0. The zero-order valence-corrected chi connectivity index (χ0v) is 19.6. The molecule has 1 N–H and O–H groups in total. The molecule has 7 heteroatoms. The summed E-state index contributed by atoms with van der Waals surface area (Å²) in [5.74, 6) is 0.979. The van der Waals surface area contributed by atoms with Gasteiger partial charge in [-0.05, 0) is 50.0 Å². The van der Waals surface area contributed by atoms with E-state index in [-0.39, 0.29) is 17.9 Å². The van der Waals surface area contributed by atoms with Crippen LogP contribution in [0.15, 0.2) is 18.2 Å². The van der Waals surface area contributed by atoms with E-state index in [2.05, 4.69) is 17.1 Å². The fourth-order valence-corrected chi connectivity index (χ4v) is 4.43. The van der Waals surface area contributed by atoms with Crippen molar-refractivity contribution in [1.29, 1.82) is 0 Å². The Morgan fingerprint density at radius 1 is 1.06 bits per heavy atom. The summed E-state index contributed by atoms with van der Waals surface area (Å²) in [6.45, 7) is 7.24. The largest absolute Gasteiger partial charge is 0.486 e. The Hall–Kier alpha value is -2.28. The molecule has 3 rings (SSSR count). The van der Waals surface area contributed by atoms with E-state index < -0.39 is 6.10 Å². The van der Waals surface area contributed by atoms with Gasteiger partial charge in [0.2, 0.25) is 5.91 Å². The Morgan fingerprint density at radius 3 is 2.50 bits per heavy atom. The van der Waals surface area contributed by atoms with E-state index in [1.54, 1.807) is 0 Å². The molecule has 0 saturated carbocycles. The van der Waals surface area contributed by atoms with Crippen molar-refractivity contribution in [2.45, 2.75) is 77.4 Å². The van der Waals surface area contributed by atoms with Crippen LogP contribution in [0.5, 0.6) is 11.5 Å². The zero-order valence-electron chi connectivity index (χ0n) is 19.6. The Kier molecular flexibility index (Phi) is 9.65. The van der Waals surface area contributed by atoms with Crippen molar-refractivity contribution in [3.63, 3.8) is 0 Å². The lowest BCUT2D eigenvalue weighted by Crippen LogP contribution is -2.47. The number of nitrogens with one attached hydrogen (secondary N) is 1. The first-order valence-electron chi connectivity index (χ1n) is 12.1. The molecule has 1 aromatic carbocycles. The number of fused-ring (bicyclic) bond motifs is 1. The molecule has 0 spiro atoms. The Balaban J connectivity index is 1.74. The van der Waals surface area contributed by atoms with Crippen molar-refractivity contribution in [2.24, 2.45) is 0 Å². The number of amides is 1. The van der Waals surface area contributed by atoms with Crippen molar-refractivity contribution in [3.8, 4) is 11.5 Å². The molecule has 0 radical (unpaired) electrons. The van der Waals surface area contributed by atoms with Gasteiger partial charge in [-0.25, -0.2) is 0 Å². The number of benzene rings is 1. The van der Waals surface area contributed by atoms with Gasteiger partial charge in [0, 0.05) is 19.9 Å². The molecule has 178 valence electrons. The topological polar surface area (TPSA) is 77.1 Å². The second-order valence-corrected chi connectivity index (χ2v) is 8.78. The van der Waals surface area contributed by atoms with E-state index in [4.69, 9.17) is 14.2 Å². The summed E-state index contributed by atoms with van der Waals surface area (Å²) in [6.07, 6.45) is 7.70. The maximum Gasteiger partial charge on any atom is 0.303 e. The molecule has 2 atom stereocenters. The SMILES string of the molecule is CCCCCCCC(=O)N[C@H](CN1CCCC1)[C@H](OC(C)=O)c1ccc2c(c1)OCCO2. The lowest BCUT2D eigenvalue weighted by molar-refractivity contribution is -0.149. The Labute approximate surface area is 191 Å². The molecule has 0 bridgehead atoms. The standard InChI is InChI=1S/C25H38N2O5/c1-3-4-5-6-7-10-24(29)26-21(18-27-13-8-9-14-27)25(32-19(2)28)20-11-12-22-23(17-20)31-16-15-30-22/h11-12,17,21,25H,3-10,13-16,18H2,1-2H3,(H,26,29)/t21-,25-/m1/s1. The van der Waals surface area contributed by atoms with Crippen LogP contribution in [0.25, 0.3) is 0 Å². The first-order chi connectivity index (χ1) is 15.6. The van der Waals surface area contributed by atoms with Gasteiger partial charge in [-0.15, -0.1) is 0 Å². The van der Waals surface area contributed by atoms with E-state index in [0.29, 0.717) is 37.7 Å². The van der Waals surface area contributed by atoms with Gasteiger partial charge in [0.1, 0.15) is 19.3 Å². The van der Waals surface area contributed by atoms with Gasteiger partial charge in [0.25, 0.3) is 0 Å². The lowest BCUT2D eigenvalue weighted by atomic mass is 10.00. The molecule has 0 unspecified atom stereocenters. The Bertz CT molecular complexity index is 748. The monoisotopic (exact) mass is 446 g/mol. The number of nitrogens with zero attached hydrogens (tertiary/aromatic N) is 1. The van der Waals surface area contributed by atoms with Gasteiger partial charge in [0.05, 0.1) is 6.04 Å². The number of hydrogen-bond acceptors (Lipinski definition) is 6. The number of ether oxygens (including phenoxy) is 3. The highest BCUT2D eigenvalue weighted by molar-refractivity contribution is 5.76. The van der Waals surface area contributed by atoms with Gasteiger partial charge in [-0.1, -0.05) is 38.7 Å². The maximum absolute atomic E-state index is 12.8. The molecular formula is C25H38N2O5. The van der Waals surface area contributed by atoms with E-state index in [1.165, 1.54) is 19.8 Å². The van der Waals surface area contributed by atoms with E-state index >= 15 is 0 Å². The number of carbonyl (C=O) groups excluding carboxylic acids is 2. The van der Waals surface area contributed by atoms with Gasteiger partial charge in [0.15, 0.2) is 11.5 Å². The van der Waals surface area contributed by atoms with Crippen molar-refractivity contribution in [3.05, 3.63) is 23.8 Å². The average molecular weight is 447 g/mol. The molecule has 1 amide bonds. The first kappa shape index (κ1) is 24.4. The van der Waals surface area contributed by atoms with Crippen LogP contribution in [0.2, 0.25) is 0 Å². The smallest absolute Gasteiger partial charge is 0.303 e. The molecule has 2 aliphatic heterocycles.